The number of hydrogen-bond acceptors (Lipinski definition) is 3. The van der Waals surface area contributed by atoms with Crippen LogP contribution >= 0.6 is 31.9 Å². The maximum atomic E-state index is 12.0. The number of hydrogen-bond donors (Lipinski definition) is 3. The predicted molar refractivity (Wildman–Crippen MR) is 75.3 cm³/mol. The Balaban J connectivity index is 2.28. The zero-order chi connectivity index (χ0) is 14.0. The zero-order valence-corrected chi connectivity index (χ0v) is 12.4. The highest BCUT2D eigenvalue weighted by molar-refractivity contribution is 9.11. The van der Waals surface area contributed by atoms with E-state index in [-0.39, 0.29) is 11.4 Å². The number of rotatable bonds is 3. The largest absolute Gasteiger partial charge is 0.477 e. The number of carboxylic acid groups (broad SMARTS) is 1. The summed E-state index contributed by atoms with van der Waals surface area (Å²) >= 11 is 6.57. The number of nitrogens with one attached hydrogen (secondary N) is 2. The van der Waals surface area contributed by atoms with Crippen LogP contribution in [-0.2, 0) is 0 Å². The Labute approximate surface area is 124 Å². The second-order valence-electron chi connectivity index (χ2n) is 3.51. The molecular weight excluding hydrogens is 382 g/mol. The minimum Gasteiger partial charge on any atom is -0.477 e. The van der Waals surface area contributed by atoms with E-state index in [1.54, 1.807) is 18.2 Å². The van der Waals surface area contributed by atoms with E-state index < -0.39 is 11.9 Å². The van der Waals surface area contributed by atoms with E-state index in [0.29, 0.717) is 10.2 Å². The fraction of sp³-hybridized carbons (Fsp3) is 0. The molecule has 19 heavy (non-hydrogen) atoms. The average Bonchev–Trinajstić information content (AvgIpc) is 2.83. The molecule has 0 bridgehead atoms. The SMILES string of the molecule is O=C(Nc1cc(Br)ccc1Br)c1nc[nH]c1C(=O)O. The molecule has 1 aromatic carbocycles. The van der Waals surface area contributed by atoms with Gasteiger partial charge in [-0.15, -0.1) is 0 Å². The summed E-state index contributed by atoms with van der Waals surface area (Å²) < 4.78 is 1.46. The molecule has 2 rings (SSSR count). The average molecular weight is 389 g/mol. The van der Waals surface area contributed by atoms with E-state index in [0.717, 1.165) is 10.8 Å². The van der Waals surface area contributed by atoms with E-state index in [2.05, 4.69) is 47.1 Å². The van der Waals surface area contributed by atoms with E-state index in [9.17, 15) is 9.59 Å². The number of nitrogens with zero attached hydrogens (tertiary/aromatic N) is 1. The number of imidazole rings is 1. The van der Waals surface area contributed by atoms with Gasteiger partial charge < -0.3 is 15.4 Å². The summed E-state index contributed by atoms with van der Waals surface area (Å²) in [6.45, 7) is 0. The van der Waals surface area contributed by atoms with Crippen LogP contribution in [0, 0.1) is 0 Å². The number of halogens is 2. The second kappa shape index (κ2) is 5.54. The molecule has 0 aliphatic carbocycles. The molecule has 2 aromatic rings. The number of H-pyrrole nitrogens is 1. The van der Waals surface area contributed by atoms with Gasteiger partial charge in [-0.3, -0.25) is 4.79 Å². The summed E-state index contributed by atoms with van der Waals surface area (Å²) in [6, 6.07) is 5.24. The minimum absolute atomic E-state index is 0.167. The van der Waals surface area contributed by atoms with Crippen molar-refractivity contribution in [1.29, 1.82) is 0 Å². The summed E-state index contributed by atoms with van der Waals surface area (Å²) in [5.41, 5.74) is 0.0988. The summed E-state index contributed by atoms with van der Waals surface area (Å²) in [7, 11) is 0. The summed E-state index contributed by atoms with van der Waals surface area (Å²) in [5, 5.41) is 11.5. The van der Waals surface area contributed by atoms with Gasteiger partial charge >= 0.3 is 5.97 Å². The van der Waals surface area contributed by atoms with Gasteiger partial charge in [0.15, 0.2) is 11.4 Å². The lowest BCUT2D eigenvalue weighted by atomic mass is 10.2. The molecule has 1 amide bonds. The molecule has 6 nitrogen and oxygen atoms in total. The van der Waals surface area contributed by atoms with Gasteiger partial charge in [-0.25, -0.2) is 9.78 Å². The molecular formula is C11H7Br2N3O3. The van der Waals surface area contributed by atoms with E-state index in [4.69, 9.17) is 5.11 Å². The number of amides is 1. The first kappa shape index (κ1) is 13.8. The number of aromatic nitrogens is 2. The molecule has 0 unspecified atom stereocenters. The lowest BCUT2D eigenvalue weighted by Gasteiger charge is -2.07. The molecule has 0 spiro atoms. The zero-order valence-electron chi connectivity index (χ0n) is 9.28. The van der Waals surface area contributed by atoms with Crippen molar-refractivity contribution in [2.75, 3.05) is 5.32 Å². The Morgan fingerprint density at radius 3 is 2.74 bits per heavy atom. The highest BCUT2D eigenvalue weighted by Gasteiger charge is 2.20. The van der Waals surface area contributed by atoms with E-state index in [1.807, 2.05) is 0 Å². The van der Waals surface area contributed by atoms with Crippen LogP contribution in [-0.4, -0.2) is 27.0 Å². The van der Waals surface area contributed by atoms with Gasteiger partial charge in [0.2, 0.25) is 0 Å². The topological polar surface area (TPSA) is 95.1 Å². The van der Waals surface area contributed by atoms with Gasteiger partial charge in [-0.1, -0.05) is 15.9 Å². The first-order chi connectivity index (χ1) is 8.99. The summed E-state index contributed by atoms with van der Waals surface area (Å²) in [5.74, 6) is -1.84. The van der Waals surface area contributed by atoms with Gasteiger partial charge in [0.1, 0.15) is 0 Å². The Bertz CT molecular complexity index is 654. The molecule has 1 heterocycles. The maximum Gasteiger partial charge on any atom is 0.354 e. The number of anilines is 1. The Kier molecular flexibility index (Phi) is 4.01. The van der Waals surface area contributed by atoms with Crippen molar-refractivity contribution >= 4 is 49.4 Å². The molecule has 0 radical (unpaired) electrons. The van der Waals surface area contributed by atoms with Crippen molar-refractivity contribution < 1.29 is 14.7 Å². The molecule has 8 heteroatoms. The third kappa shape index (κ3) is 3.02. The second-order valence-corrected chi connectivity index (χ2v) is 5.28. The summed E-state index contributed by atoms with van der Waals surface area (Å²) in [6.07, 6.45) is 1.16. The van der Waals surface area contributed by atoms with Crippen LogP contribution in [0.5, 0.6) is 0 Å². The van der Waals surface area contributed by atoms with Crippen molar-refractivity contribution in [3.05, 3.63) is 44.9 Å². The fourth-order valence-electron chi connectivity index (χ4n) is 1.40. The number of aromatic carboxylic acids is 1. The van der Waals surface area contributed by atoms with Crippen LogP contribution in [0.3, 0.4) is 0 Å². The lowest BCUT2D eigenvalue weighted by Crippen LogP contribution is -2.16. The van der Waals surface area contributed by atoms with Crippen molar-refractivity contribution in [2.24, 2.45) is 0 Å². The van der Waals surface area contributed by atoms with Crippen LogP contribution in [0.4, 0.5) is 5.69 Å². The minimum atomic E-state index is -1.24. The molecule has 0 atom stereocenters. The third-order valence-electron chi connectivity index (χ3n) is 2.24. The van der Waals surface area contributed by atoms with Gasteiger partial charge in [0, 0.05) is 8.95 Å². The Hall–Kier alpha value is -1.67. The number of aromatic amines is 1. The highest BCUT2D eigenvalue weighted by atomic mass is 79.9. The number of carbonyl (C=O) groups is 2. The molecule has 3 N–H and O–H groups in total. The van der Waals surface area contributed by atoms with Crippen molar-refractivity contribution in [1.82, 2.24) is 9.97 Å². The van der Waals surface area contributed by atoms with Crippen LogP contribution in [0.2, 0.25) is 0 Å². The first-order valence-corrected chi connectivity index (χ1v) is 6.60. The van der Waals surface area contributed by atoms with Gasteiger partial charge in [0.25, 0.3) is 5.91 Å². The fourth-order valence-corrected chi connectivity index (χ4v) is 2.11. The standard InChI is InChI=1S/C11H7Br2N3O3/c12-5-1-2-6(13)7(3-5)16-10(17)8-9(11(18)19)15-4-14-8/h1-4H,(H,14,15)(H,16,17)(H,18,19). The lowest BCUT2D eigenvalue weighted by molar-refractivity contribution is 0.0686. The van der Waals surface area contributed by atoms with Crippen LogP contribution < -0.4 is 5.32 Å². The van der Waals surface area contributed by atoms with Crippen molar-refractivity contribution in [2.45, 2.75) is 0 Å². The van der Waals surface area contributed by atoms with Crippen LogP contribution in [0.1, 0.15) is 21.0 Å². The van der Waals surface area contributed by atoms with E-state index in [1.165, 1.54) is 0 Å². The number of carboxylic acids is 1. The smallest absolute Gasteiger partial charge is 0.354 e. The molecule has 0 fully saturated rings. The first-order valence-electron chi connectivity index (χ1n) is 5.02. The van der Waals surface area contributed by atoms with Crippen LogP contribution in [0.15, 0.2) is 33.5 Å². The number of carbonyl (C=O) groups excluding carboxylic acids is 1. The normalized spacial score (nSPS) is 10.2. The molecule has 0 saturated carbocycles. The Morgan fingerprint density at radius 1 is 1.32 bits per heavy atom. The van der Waals surface area contributed by atoms with Crippen molar-refractivity contribution in [3.63, 3.8) is 0 Å². The molecule has 1 aromatic heterocycles. The predicted octanol–water partition coefficient (Wildman–Crippen LogP) is 2.89. The maximum absolute atomic E-state index is 12.0. The van der Waals surface area contributed by atoms with Gasteiger partial charge in [-0.2, -0.15) is 0 Å². The van der Waals surface area contributed by atoms with Crippen molar-refractivity contribution in [3.8, 4) is 0 Å². The van der Waals surface area contributed by atoms with Crippen LogP contribution in [0.25, 0.3) is 0 Å². The third-order valence-corrected chi connectivity index (χ3v) is 3.43. The summed E-state index contributed by atoms with van der Waals surface area (Å²) in [4.78, 5) is 29.0. The Morgan fingerprint density at radius 2 is 2.05 bits per heavy atom. The highest BCUT2D eigenvalue weighted by Crippen LogP contribution is 2.26. The number of benzene rings is 1. The van der Waals surface area contributed by atoms with Gasteiger partial charge in [0.05, 0.1) is 12.0 Å². The monoisotopic (exact) mass is 387 g/mol. The quantitative estimate of drug-likeness (QED) is 0.753. The molecule has 0 aliphatic rings. The van der Waals surface area contributed by atoms with E-state index >= 15 is 0 Å². The van der Waals surface area contributed by atoms with Gasteiger partial charge in [-0.05, 0) is 34.1 Å². The molecule has 0 aliphatic heterocycles. The molecule has 0 saturated heterocycles. The molecule has 98 valence electrons.